The lowest BCUT2D eigenvalue weighted by Gasteiger charge is -2.14. The molecule has 92 valence electrons. The van der Waals surface area contributed by atoms with Crippen molar-refractivity contribution in [2.45, 2.75) is 39.2 Å². The van der Waals surface area contributed by atoms with E-state index in [0.29, 0.717) is 19.5 Å². The van der Waals surface area contributed by atoms with Gasteiger partial charge in [-0.1, -0.05) is 6.92 Å². The summed E-state index contributed by atoms with van der Waals surface area (Å²) in [6.45, 7) is 3.06. The van der Waals surface area contributed by atoms with Crippen molar-refractivity contribution in [3.63, 3.8) is 0 Å². The summed E-state index contributed by atoms with van der Waals surface area (Å²) in [4.78, 5) is 23.3. The van der Waals surface area contributed by atoms with Crippen LogP contribution in [0.1, 0.15) is 42.2 Å². The highest BCUT2D eigenvalue weighted by molar-refractivity contribution is 5.98. The monoisotopic (exact) mass is 234 g/mol. The lowest BCUT2D eigenvalue weighted by molar-refractivity contribution is -0.121. The fraction of sp³-hybridized carbons (Fsp3) is 0.538. The molecule has 1 aliphatic carbocycles. The standard InChI is InChI=1S/C13H18N2O2/c1-2-7-14-13(17)9-15-8-6-10-11(15)4-3-5-12(10)16/h6,8H,2-5,7,9H2,1H3,(H,14,17). The molecule has 0 atom stereocenters. The van der Waals surface area contributed by atoms with Crippen LogP contribution in [0.3, 0.4) is 0 Å². The highest BCUT2D eigenvalue weighted by atomic mass is 16.2. The second kappa shape index (κ2) is 5.17. The summed E-state index contributed by atoms with van der Waals surface area (Å²) in [6, 6.07) is 1.84. The van der Waals surface area contributed by atoms with Crippen LogP contribution in [0.15, 0.2) is 12.3 Å². The van der Waals surface area contributed by atoms with Crippen LogP contribution >= 0.6 is 0 Å². The summed E-state index contributed by atoms with van der Waals surface area (Å²) in [7, 11) is 0. The van der Waals surface area contributed by atoms with Gasteiger partial charge in [-0.25, -0.2) is 0 Å². The number of Topliss-reactive ketones (excluding diaryl/α,β-unsaturated/α-hetero) is 1. The van der Waals surface area contributed by atoms with E-state index in [-0.39, 0.29) is 11.7 Å². The maximum atomic E-state index is 11.6. The van der Waals surface area contributed by atoms with Crippen LogP contribution < -0.4 is 5.32 Å². The quantitative estimate of drug-likeness (QED) is 0.859. The number of nitrogens with one attached hydrogen (secondary N) is 1. The molecule has 1 N–H and O–H groups in total. The maximum absolute atomic E-state index is 11.6. The number of amides is 1. The molecular formula is C13H18N2O2. The molecule has 17 heavy (non-hydrogen) atoms. The minimum Gasteiger partial charge on any atom is -0.355 e. The molecule has 0 aromatic carbocycles. The molecule has 0 unspecified atom stereocenters. The van der Waals surface area contributed by atoms with Crippen molar-refractivity contribution in [2.75, 3.05) is 6.54 Å². The Morgan fingerprint density at radius 3 is 3.06 bits per heavy atom. The molecule has 0 saturated heterocycles. The summed E-state index contributed by atoms with van der Waals surface area (Å²) < 4.78 is 1.90. The Morgan fingerprint density at radius 1 is 1.47 bits per heavy atom. The number of carbonyl (C=O) groups excluding carboxylic acids is 2. The summed E-state index contributed by atoms with van der Waals surface area (Å²) >= 11 is 0. The smallest absolute Gasteiger partial charge is 0.239 e. The lowest BCUT2D eigenvalue weighted by Crippen LogP contribution is -2.29. The SMILES string of the molecule is CCCNC(=O)Cn1ccc2c1CCCC2=O. The van der Waals surface area contributed by atoms with Gasteiger partial charge in [-0.15, -0.1) is 0 Å². The first-order chi connectivity index (χ1) is 8.22. The first kappa shape index (κ1) is 11.9. The van der Waals surface area contributed by atoms with E-state index in [0.717, 1.165) is 30.5 Å². The Morgan fingerprint density at radius 2 is 2.29 bits per heavy atom. The Bertz CT molecular complexity index is 435. The summed E-state index contributed by atoms with van der Waals surface area (Å²) in [6.07, 6.45) is 5.22. The van der Waals surface area contributed by atoms with Crippen molar-refractivity contribution in [3.05, 3.63) is 23.5 Å². The highest BCUT2D eigenvalue weighted by Crippen LogP contribution is 2.22. The van der Waals surface area contributed by atoms with E-state index in [4.69, 9.17) is 0 Å². The van der Waals surface area contributed by atoms with Crippen molar-refractivity contribution in [1.29, 1.82) is 0 Å². The van der Waals surface area contributed by atoms with Crippen molar-refractivity contribution >= 4 is 11.7 Å². The lowest BCUT2D eigenvalue weighted by atomic mass is 9.97. The first-order valence-electron chi connectivity index (χ1n) is 6.20. The Balaban J connectivity index is 2.07. The fourth-order valence-corrected chi connectivity index (χ4v) is 2.21. The van der Waals surface area contributed by atoms with Crippen LogP contribution in [0.5, 0.6) is 0 Å². The van der Waals surface area contributed by atoms with E-state index in [9.17, 15) is 9.59 Å². The Kier molecular flexibility index (Phi) is 3.61. The molecular weight excluding hydrogens is 216 g/mol. The van der Waals surface area contributed by atoms with Crippen LogP contribution in [0, 0.1) is 0 Å². The van der Waals surface area contributed by atoms with Crippen molar-refractivity contribution in [1.82, 2.24) is 9.88 Å². The minimum atomic E-state index is 0.0169. The molecule has 1 aliphatic rings. The molecule has 4 heteroatoms. The number of hydrogen-bond donors (Lipinski definition) is 1. The van der Waals surface area contributed by atoms with Gasteiger partial charge in [-0.05, 0) is 25.3 Å². The van der Waals surface area contributed by atoms with Gasteiger partial charge in [0.25, 0.3) is 0 Å². The topological polar surface area (TPSA) is 51.1 Å². The predicted molar refractivity (Wildman–Crippen MR) is 65.0 cm³/mol. The van der Waals surface area contributed by atoms with Crippen LogP contribution in [0.4, 0.5) is 0 Å². The zero-order chi connectivity index (χ0) is 12.3. The normalized spacial score (nSPS) is 14.5. The van der Waals surface area contributed by atoms with Gasteiger partial charge in [0, 0.05) is 30.4 Å². The maximum Gasteiger partial charge on any atom is 0.239 e. The molecule has 1 aromatic rings. The number of aromatic nitrogens is 1. The molecule has 2 rings (SSSR count). The number of carbonyl (C=O) groups is 2. The van der Waals surface area contributed by atoms with E-state index in [1.165, 1.54) is 0 Å². The van der Waals surface area contributed by atoms with Gasteiger partial charge in [-0.2, -0.15) is 0 Å². The molecule has 0 bridgehead atoms. The first-order valence-corrected chi connectivity index (χ1v) is 6.20. The zero-order valence-corrected chi connectivity index (χ0v) is 10.2. The van der Waals surface area contributed by atoms with Crippen LogP contribution in [0.25, 0.3) is 0 Å². The Labute approximate surface area is 101 Å². The van der Waals surface area contributed by atoms with Crippen molar-refractivity contribution in [2.24, 2.45) is 0 Å². The third-order valence-corrected chi connectivity index (χ3v) is 3.08. The molecule has 1 heterocycles. The average Bonchev–Trinajstić information content (AvgIpc) is 2.71. The number of hydrogen-bond acceptors (Lipinski definition) is 2. The molecule has 4 nitrogen and oxygen atoms in total. The number of ketones is 1. The van der Waals surface area contributed by atoms with E-state index < -0.39 is 0 Å². The van der Waals surface area contributed by atoms with Gasteiger partial charge in [0.05, 0.1) is 0 Å². The largest absolute Gasteiger partial charge is 0.355 e. The van der Waals surface area contributed by atoms with Crippen molar-refractivity contribution < 1.29 is 9.59 Å². The van der Waals surface area contributed by atoms with Crippen molar-refractivity contribution in [3.8, 4) is 0 Å². The van der Waals surface area contributed by atoms with Gasteiger partial charge >= 0.3 is 0 Å². The molecule has 0 spiro atoms. The zero-order valence-electron chi connectivity index (χ0n) is 10.2. The third-order valence-electron chi connectivity index (χ3n) is 3.08. The Hall–Kier alpha value is -1.58. The van der Waals surface area contributed by atoms with E-state index in [2.05, 4.69) is 5.32 Å². The second-order valence-electron chi connectivity index (χ2n) is 4.43. The van der Waals surface area contributed by atoms with Gasteiger partial charge in [0.15, 0.2) is 5.78 Å². The second-order valence-corrected chi connectivity index (χ2v) is 4.43. The highest BCUT2D eigenvalue weighted by Gasteiger charge is 2.20. The number of rotatable bonds is 4. The van der Waals surface area contributed by atoms with Gasteiger partial charge < -0.3 is 9.88 Å². The molecule has 0 aliphatic heterocycles. The third kappa shape index (κ3) is 2.57. The molecule has 0 saturated carbocycles. The minimum absolute atomic E-state index is 0.0169. The number of fused-ring (bicyclic) bond motifs is 1. The fourth-order valence-electron chi connectivity index (χ4n) is 2.21. The average molecular weight is 234 g/mol. The summed E-state index contributed by atoms with van der Waals surface area (Å²) in [5, 5.41) is 2.84. The molecule has 1 aromatic heterocycles. The van der Waals surface area contributed by atoms with Gasteiger partial charge in [-0.3, -0.25) is 9.59 Å². The molecule has 1 amide bonds. The van der Waals surface area contributed by atoms with E-state index in [1.807, 2.05) is 23.8 Å². The number of nitrogens with zero attached hydrogens (tertiary/aromatic N) is 1. The van der Waals surface area contributed by atoms with Gasteiger partial charge in [0.2, 0.25) is 5.91 Å². The molecule has 0 radical (unpaired) electrons. The summed E-state index contributed by atoms with van der Waals surface area (Å²) in [5.74, 6) is 0.224. The van der Waals surface area contributed by atoms with Crippen LogP contribution in [-0.2, 0) is 17.8 Å². The van der Waals surface area contributed by atoms with E-state index >= 15 is 0 Å². The summed E-state index contributed by atoms with van der Waals surface area (Å²) in [5.41, 5.74) is 1.83. The predicted octanol–water partition coefficient (Wildman–Crippen LogP) is 1.53. The molecule has 0 fully saturated rings. The van der Waals surface area contributed by atoms with Crippen LogP contribution in [0.2, 0.25) is 0 Å². The van der Waals surface area contributed by atoms with E-state index in [1.54, 1.807) is 0 Å². The van der Waals surface area contributed by atoms with Crippen LogP contribution in [-0.4, -0.2) is 22.8 Å². The van der Waals surface area contributed by atoms with Gasteiger partial charge in [0.1, 0.15) is 6.54 Å².